The summed E-state index contributed by atoms with van der Waals surface area (Å²) in [6.07, 6.45) is -2.74. The van der Waals surface area contributed by atoms with Gasteiger partial charge in [0.25, 0.3) is 5.60 Å². The lowest BCUT2D eigenvalue weighted by molar-refractivity contribution is -0.224. The van der Waals surface area contributed by atoms with Crippen LogP contribution in [0, 0.1) is 0 Å². The molecule has 5 heteroatoms. The average Bonchev–Trinajstić information content (AvgIpc) is 2.53. The van der Waals surface area contributed by atoms with Crippen LogP contribution in [0.25, 0.3) is 17.2 Å². The molecule has 0 aliphatic carbocycles. The molecule has 0 spiro atoms. The molecule has 1 aliphatic rings. The molecule has 3 rings (SSSR count). The van der Waals surface area contributed by atoms with Gasteiger partial charge in [-0.05, 0) is 36.3 Å². The molecule has 1 heterocycles. The van der Waals surface area contributed by atoms with Crippen LogP contribution in [0.3, 0.4) is 0 Å². The Hall–Kier alpha value is -2.56. The average molecular weight is 318 g/mol. The first kappa shape index (κ1) is 15.3. The van der Waals surface area contributed by atoms with Gasteiger partial charge in [0, 0.05) is 5.56 Å². The van der Waals surface area contributed by atoms with Crippen molar-refractivity contribution in [2.24, 2.45) is 0 Å². The minimum absolute atomic E-state index is 0.0414. The molecule has 0 aromatic heterocycles. The van der Waals surface area contributed by atoms with E-state index in [1.54, 1.807) is 12.1 Å². The number of fused-ring (bicyclic) bond motifs is 1. The van der Waals surface area contributed by atoms with Crippen molar-refractivity contribution in [1.29, 1.82) is 0 Å². The van der Waals surface area contributed by atoms with Crippen LogP contribution in [-0.2, 0) is 4.79 Å². The Balaban J connectivity index is 2.04. The van der Waals surface area contributed by atoms with E-state index in [-0.39, 0.29) is 5.75 Å². The van der Waals surface area contributed by atoms with Crippen LogP contribution >= 0.6 is 0 Å². The molecule has 1 unspecified atom stereocenters. The van der Waals surface area contributed by atoms with E-state index >= 15 is 0 Å². The van der Waals surface area contributed by atoms with E-state index in [4.69, 9.17) is 4.74 Å². The van der Waals surface area contributed by atoms with Gasteiger partial charge in [0.05, 0.1) is 0 Å². The number of carbonyl (C=O) groups excluding carboxylic acids is 1. The maximum atomic E-state index is 13.3. The van der Waals surface area contributed by atoms with Crippen molar-refractivity contribution in [2.45, 2.75) is 18.7 Å². The number of halogens is 3. The standard InChI is InChI=1S/C18H13F3O2/c1-12(22)17(18(19,20)21)10-9-15-11-14(7-8-16(15)23-17)13-5-3-2-4-6-13/h2-11H,1H3. The molecule has 1 aliphatic heterocycles. The third-order valence-electron chi connectivity index (χ3n) is 3.83. The second-order valence-corrected chi connectivity index (χ2v) is 5.34. The number of hydrogen-bond donors (Lipinski definition) is 0. The second kappa shape index (κ2) is 5.26. The van der Waals surface area contributed by atoms with Crippen molar-refractivity contribution in [1.82, 2.24) is 0 Å². The summed E-state index contributed by atoms with van der Waals surface area (Å²) in [5.74, 6) is -1.06. The molecular formula is C18H13F3O2. The molecule has 2 aromatic carbocycles. The number of carbonyl (C=O) groups is 1. The molecule has 2 nitrogen and oxygen atoms in total. The van der Waals surface area contributed by atoms with Crippen LogP contribution in [0.5, 0.6) is 5.75 Å². The number of ketones is 1. The van der Waals surface area contributed by atoms with Crippen molar-refractivity contribution >= 4 is 11.9 Å². The number of benzene rings is 2. The summed E-state index contributed by atoms with van der Waals surface area (Å²) in [5.41, 5.74) is -0.593. The fraction of sp³-hybridized carbons (Fsp3) is 0.167. The molecular weight excluding hydrogens is 305 g/mol. The molecule has 2 aromatic rings. The Kier molecular flexibility index (Phi) is 3.51. The van der Waals surface area contributed by atoms with Crippen LogP contribution in [0.2, 0.25) is 0 Å². The quantitative estimate of drug-likeness (QED) is 0.806. The van der Waals surface area contributed by atoms with Gasteiger partial charge >= 0.3 is 6.18 Å². The largest absolute Gasteiger partial charge is 0.465 e. The predicted molar refractivity (Wildman–Crippen MR) is 81.0 cm³/mol. The fourth-order valence-electron chi connectivity index (χ4n) is 2.54. The first-order valence-electron chi connectivity index (χ1n) is 6.99. The van der Waals surface area contributed by atoms with Crippen molar-refractivity contribution < 1.29 is 22.7 Å². The molecule has 0 amide bonds. The number of alkyl halides is 3. The summed E-state index contributed by atoms with van der Waals surface area (Å²) in [6.45, 7) is 0.876. The van der Waals surface area contributed by atoms with E-state index in [9.17, 15) is 18.0 Å². The second-order valence-electron chi connectivity index (χ2n) is 5.34. The van der Waals surface area contributed by atoms with Gasteiger partial charge in [-0.15, -0.1) is 0 Å². The zero-order chi connectivity index (χ0) is 16.7. The summed E-state index contributed by atoms with van der Waals surface area (Å²) in [6, 6.07) is 14.3. The van der Waals surface area contributed by atoms with Crippen molar-refractivity contribution in [3.8, 4) is 16.9 Å². The molecule has 0 saturated heterocycles. The van der Waals surface area contributed by atoms with Crippen molar-refractivity contribution in [3.63, 3.8) is 0 Å². The normalized spacial score (nSPS) is 19.8. The van der Waals surface area contributed by atoms with Crippen LogP contribution in [0.4, 0.5) is 13.2 Å². The van der Waals surface area contributed by atoms with Crippen LogP contribution in [-0.4, -0.2) is 17.6 Å². The molecule has 0 N–H and O–H groups in total. The Morgan fingerprint density at radius 3 is 2.35 bits per heavy atom. The van der Waals surface area contributed by atoms with Gasteiger partial charge in [-0.25, -0.2) is 0 Å². The Morgan fingerprint density at radius 1 is 1.04 bits per heavy atom. The Labute approximate surface area is 131 Å². The first-order chi connectivity index (χ1) is 10.8. The minimum Gasteiger partial charge on any atom is -0.465 e. The SMILES string of the molecule is CC(=O)C1(C(F)(F)F)C=Cc2cc(-c3ccccc3)ccc2O1. The molecule has 23 heavy (non-hydrogen) atoms. The lowest BCUT2D eigenvalue weighted by atomic mass is 9.92. The number of ether oxygens (including phenoxy) is 1. The summed E-state index contributed by atoms with van der Waals surface area (Å²) >= 11 is 0. The Bertz CT molecular complexity index is 779. The summed E-state index contributed by atoms with van der Waals surface area (Å²) in [7, 11) is 0. The van der Waals surface area contributed by atoms with Gasteiger partial charge in [0.2, 0.25) is 0 Å². The molecule has 1 atom stereocenters. The van der Waals surface area contributed by atoms with E-state index in [0.717, 1.165) is 24.1 Å². The highest BCUT2D eigenvalue weighted by Crippen LogP contribution is 2.42. The highest BCUT2D eigenvalue weighted by atomic mass is 19.4. The van der Waals surface area contributed by atoms with Crippen LogP contribution in [0.15, 0.2) is 54.6 Å². The van der Waals surface area contributed by atoms with Gasteiger partial charge in [-0.2, -0.15) is 13.2 Å². The van der Waals surface area contributed by atoms with Crippen molar-refractivity contribution in [2.75, 3.05) is 0 Å². The summed E-state index contributed by atoms with van der Waals surface area (Å²) in [4.78, 5) is 11.6. The molecule has 118 valence electrons. The lowest BCUT2D eigenvalue weighted by Gasteiger charge is -2.34. The Morgan fingerprint density at radius 2 is 1.74 bits per heavy atom. The maximum absolute atomic E-state index is 13.3. The van der Waals surface area contributed by atoms with Crippen LogP contribution < -0.4 is 4.74 Å². The lowest BCUT2D eigenvalue weighted by Crippen LogP contribution is -2.55. The number of Topliss-reactive ketones (excluding diaryl/α,β-unsaturated/α-hetero) is 1. The molecule has 0 fully saturated rings. The third kappa shape index (κ3) is 2.52. The maximum Gasteiger partial charge on any atom is 0.439 e. The van der Waals surface area contributed by atoms with Gasteiger partial charge in [0.1, 0.15) is 5.75 Å². The van der Waals surface area contributed by atoms with Gasteiger partial charge in [-0.1, -0.05) is 42.5 Å². The van der Waals surface area contributed by atoms with Crippen molar-refractivity contribution in [3.05, 3.63) is 60.2 Å². The highest BCUT2D eigenvalue weighted by Gasteiger charge is 2.60. The summed E-state index contributed by atoms with van der Waals surface area (Å²) < 4.78 is 44.9. The zero-order valence-corrected chi connectivity index (χ0v) is 12.2. The third-order valence-corrected chi connectivity index (χ3v) is 3.83. The predicted octanol–water partition coefficient (Wildman–Crippen LogP) is 4.65. The molecule has 0 bridgehead atoms. The zero-order valence-electron chi connectivity index (χ0n) is 12.2. The van der Waals surface area contributed by atoms with Gasteiger partial charge in [-0.3, -0.25) is 4.79 Å². The smallest absolute Gasteiger partial charge is 0.439 e. The van der Waals surface area contributed by atoms with Crippen LogP contribution in [0.1, 0.15) is 12.5 Å². The van der Waals surface area contributed by atoms with E-state index in [1.165, 1.54) is 12.1 Å². The first-order valence-corrected chi connectivity index (χ1v) is 6.99. The fourth-order valence-corrected chi connectivity index (χ4v) is 2.54. The van der Waals surface area contributed by atoms with E-state index < -0.39 is 17.6 Å². The summed E-state index contributed by atoms with van der Waals surface area (Å²) in [5, 5.41) is 0. The molecule has 0 radical (unpaired) electrons. The molecule has 0 saturated carbocycles. The van der Waals surface area contributed by atoms with Gasteiger partial charge in [0.15, 0.2) is 5.78 Å². The minimum atomic E-state index is -4.81. The number of rotatable bonds is 2. The highest BCUT2D eigenvalue weighted by molar-refractivity contribution is 5.91. The van der Waals surface area contributed by atoms with Gasteiger partial charge < -0.3 is 4.74 Å². The van der Waals surface area contributed by atoms with E-state index in [1.807, 2.05) is 30.3 Å². The topological polar surface area (TPSA) is 26.3 Å². The van der Waals surface area contributed by atoms with E-state index in [2.05, 4.69) is 0 Å². The van der Waals surface area contributed by atoms with E-state index in [0.29, 0.717) is 5.56 Å². The number of hydrogen-bond acceptors (Lipinski definition) is 2. The monoisotopic (exact) mass is 318 g/mol.